The Morgan fingerprint density at radius 2 is 1.96 bits per heavy atom. The number of aryl methyl sites for hydroxylation is 1. The van der Waals surface area contributed by atoms with Crippen molar-refractivity contribution in [3.8, 4) is 11.5 Å². The second-order valence-electron chi connectivity index (χ2n) is 8.40. The normalized spacial score (nSPS) is 27.9. The Morgan fingerprint density at radius 3 is 2.71 bits per heavy atom. The zero-order valence-corrected chi connectivity index (χ0v) is 15.3. The molecule has 2 N–H and O–H groups in total. The van der Waals surface area contributed by atoms with Crippen LogP contribution in [0.15, 0.2) is 12.1 Å². The molecule has 0 bridgehead atoms. The highest BCUT2D eigenvalue weighted by atomic mass is 16.5. The molecule has 0 saturated heterocycles. The second-order valence-corrected chi connectivity index (χ2v) is 8.40. The van der Waals surface area contributed by atoms with Crippen molar-refractivity contribution in [2.45, 2.75) is 77.2 Å². The van der Waals surface area contributed by atoms with Crippen LogP contribution in [0.4, 0.5) is 0 Å². The molecule has 1 saturated carbocycles. The van der Waals surface area contributed by atoms with Crippen LogP contribution in [0.3, 0.4) is 0 Å². The van der Waals surface area contributed by atoms with E-state index in [2.05, 4.69) is 26.8 Å². The van der Waals surface area contributed by atoms with Gasteiger partial charge in [-0.2, -0.15) is 0 Å². The van der Waals surface area contributed by atoms with Gasteiger partial charge < -0.3 is 14.9 Å². The van der Waals surface area contributed by atoms with Gasteiger partial charge in [0.25, 0.3) is 0 Å². The first-order chi connectivity index (χ1) is 11.4. The first-order valence-electron chi connectivity index (χ1n) is 9.58. The van der Waals surface area contributed by atoms with Gasteiger partial charge in [-0.3, -0.25) is 0 Å². The third-order valence-electron chi connectivity index (χ3n) is 6.05. The van der Waals surface area contributed by atoms with Gasteiger partial charge in [0.15, 0.2) is 0 Å². The van der Waals surface area contributed by atoms with E-state index in [1.807, 2.05) is 6.07 Å². The number of ether oxygens (including phenoxy) is 1. The van der Waals surface area contributed by atoms with Crippen LogP contribution in [0.1, 0.15) is 76.3 Å². The molecule has 1 aliphatic heterocycles. The summed E-state index contributed by atoms with van der Waals surface area (Å²) in [6.45, 7) is 6.99. The first-order valence-corrected chi connectivity index (χ1v) is 9.58. The summed E-state index contributed by atoms with van der Waals surface area (Å²) in [5.74, 6) is 2.93. The van der Waals surface area contributed by atoms with Crippen molar-refractivity contribution in [1.82, 2.24) is 0 Å². The Kier molecular flexibility index (Phi) is 5.10. The standard InChI is InChI=1S/C21H32O3/c1-14-8-9-17-16(11-14)20-18(23)12-15(7-5-4-6-10-22)13-19(20)24-21(17,2)3/h12-14,16-17,22-23H,4-11H2,1-3H3/t14-,16+,17+/m0/s1. The minimum atomic E-state index is -0.167. The number of unbranched alkanes of at least 4 members (excludes halogenated alkanes) is 2. The fraction of sp³-hybridized carbons (Fsp3) is 0.714. The van der Waals surface area contributed by atoms with E-state index in [1.54, 1.807) is 0 Å². The van der Waals surface area contributed by atoms with Gasteiger partial charge in [-0.25, -0.2) is 0 Å². The molecule has 0 unspecified atom stereocenters. The quantitative estimate of drug-likeness (QED) is 0.762. The maximum atomic E-state index is 10.7. The van der Waals surface area contributed by atoms with Crippen molar-refractivity contribution < 1.29 is 14.9 Å². The van der Waals surface area contributed by atoms with Gasteiger partial charge in [-0.1, -0.05) is 19.8 Å². The molecule has 134 valence electrons. The van der Waals surface area contributed by atoms with E-state index in [9.17, 15) is 5.11 Å². The van der Waals surface area contributed by atoms with Crippen molar-refractivity contribution in [1.29, 1.82) is 0 Å². The number of aliphatic hydroxyl groups excluding tert-OH is 1. The third-order valence-corrected chi connectivity index (χ3v) is 6.05. The molecule has 3 atom stereocenters. The lowest BCUT2D eigenvalue weighted by Gasteiger charge is -2.48. The van der Waals surface area contributed by atoms with Crippen LogP contribution in [-0.4, -0.2) is 22.4 Å². The third kappa shape index (κ3) is 3.42. The van der Waals surface area contributed by atoms with Crippen molar-refractivity contribution in [3.05, 3.63) is 23.3 Å². The Balaban J connectivity index is 1.87. The molecule has 0 radical (unpaired) electrons. The van der Waals surface area contributed by atoms with Crippen LogP contribution in [0.25, 0.3) is 0 Å². The van der Waals surface area contributed by atoms with Crippen molar-refractivity contribution in [3.63, 3.8) is 0 Å². The zero-order chi connectivity index (χ0) is 17.3. The second kappa shape index (κ2) is 6.95. The molecule has 24 heavy (non-hydrogen) atoms. The molecule has 1 aromatic carbocycles. The van der Waals surface area contributed by atoms with Crippen LogP contribution in [0.2, 0.25) is 0 Å². The summed E-state index contributed by atoms with van der Waals surface area (Å²) in [7, 11) is 0. The van der Waals surface area contributed by atoms with Gasteiger partial charge in [-0.05, 0) is 75.5 Å². The van der Waals surface area contributed by atoms with Crippen molar-refractivity contribution in [2.24, 2.45) is 11.8 Å². The number of benzene rings is 1. The van der Waals surface area contributed by atoms with Gasteiger partial charge in [0.2, 0.25) is 0 Å². The summed E-state index contributed by atoms with van der Waals surface area (Å²) in [6.07, 6.45) is 7.41. The average molecular weight is 332 g/mol. The lowest BCUT2D eigenvalue weighted by molar-refractivity contribution is -0.0145. The van der Waals surface area contributed by atoms with Crippen molar-refractivity contribution in [2.75, 3.05) is 6.61 Å². The molecule has 1 fully saturated rings. The molecule has 0 amide bonds. The van der Waals surface area contributed by atoms with Crippen LogP contribution in [-0.2, 0) is 6.42 Å². The van der Waals surface area contributed by atoms with Crippen molar-refractivity contribution >= 4 is 0 Å². The summed E-state index contributed by atoms with van der Waals surface area (Å²) >= 11 is 0. The Labute approximate surface area is 146 Å². The highest BCUT2D eigenvalue weighted by Crippen LogP contribution is 2.55. The van der Waals surface area contributed by atoms with E-state index in [1.165, 1.54) is 12.8 Å². The predicted octanol–water partition coefficient (Wildman–Crippen LogP) is 4.79. The van der Waals surface area contributed by atoms with Crippen LogP contribution >= 0.6 is 0 Å². The molecular formula is C21H32O3. The van der Waals surface area contributed by atoms with Gasteiger partial charge in [0.05, 0.1) is 0 Å². The minimum Gasteiger partial charge on any atom is -0.508 e. The van der Waals surface area contributed by atoms with E-state index < -0.39 is 0 Å². The van der Waals surface area contributed by atoms with Gasteiger partial charge in [-0.15, -0.1) is 0 Å². The summed E-state index contributed by atoms with van der Waals surface area (Å²) in [5, 5.41) is 19.6. The van der Waals surface area contributed by atoms with Crippen LogP contribution in [0.5, 0.6) is 11.5 Å². The summed E-state index contributed by atoms with van der Waals surface area (Å²) in [5.41, 5.74) is 2.02. The van der Waals surface area contributed by atoms with E-state index in [-0.39, 0.29) is 12.2 Å². The molecule has 2 aliphatic rings. The number of aliphatic hydroxyl groups is 1. The Morgan fingerprint density at radius 1 is 1.17 bits per heavy atom. The fourth-order valence-electron chi connectivity index (χ4n) is 4.78. The number of rotatable bonds is 5. The number of phenols is 1. The van der Waals surface area contributed by atoms with E-state index >= 15 is 0 Å². The lowest BCUT2D eigenvalue weighted by Crippen LogP contribution is -2.46. The first kappa shape index (κ1) is 17.6. The van der Waals surface area contributed by atoms with Gasteiger partial charge in [0, 0.05) is 18.1 Å². The Bertz CT molecular complexity index is 579. The molecule has 1 heterocycles. The molecule has 0 spiro atoms. The average Bonchev–Trinajstić information content (AvgIpc) is 2.50. The van der Waals surface area contributed by atoms with E-state index in [0.717, 1.165) is 49.0 Å². The number of aromatic hydroxyl groups is 1. The number of phenolic OH excluding ortho intramolecular Hbond substituents is 1. The smallest absolute Gasteiger partial charge is 0.127 e. The van der Waals surface area contributed by atoms with E-state index in [4.69, 9.17) is 9.84 Å². The molecule has 3 rings (SSSR count). The summed E-state index contributed by atoms with van der Waals surface area (Å²) in [6, 6.07) is 4.08. The topological polar surface area (TPSA) is 49.7 Å². The highest BCUT2D eigenvalue weighted by molar-refractivity contribution is 5.52. The Hall–Kier alpha value is -1.22. The number of hydrogen-bond donors (Lipinski definition) is 2. The molecule has 1 aromatic rings. The molecule has 0 aromatic heterocycles. The lowest BCUT2D eigenvalue weighted by atomic mass is 9.64. The predicted molar refractivity (Wildman–Crippen MR) is 96.7 cm³/mol. The maximum absolute atomic E-state index is 10.7. The monoisotopic (exact) mass is 332 g/mol. The highest BCUT2D eigenvalue weighted by Gasteiger charge is 2.47. The number of hydrogen-bond acceptors (Lipinski definition) is 3. The number of fused-ring (bicyclic) bond motifs is 3. The molecule has 3 heteroatoms. The molecule has 3 nitrogen and oxygen atoms in total. The van der Waals surface area contributed by atoms with Crippen LogP contribution in [0, 0.1) is 11.8 Å². The molecular weight excluding hydrogens is 300 g/mol. The summed E-state index contributed by atoms with van der Waals surface area (Å²) in [4.78, 5) is 0. The van der Waals surface area contributed by atoms with Gasteiger partial charge >= 0.3 is 0 Å². The summed E-state index contributed by atoms with van der Waals surface area (Å²) < 4.78 is 6.37. The van der Waals surface area contributed by atoms with Gasteiger partial charge in [0.1, 0.15) is 17.1 Å². The van der Waals surface area contributed by atoms with Crippen LogP contribution < -0.4 is 4.74 Å². The SMILES string of the molecule is C[C@H]1CC[C@@H]2[C@@H](C1)c1c(O)cc(CCCCCO)cc1OC2(C)C. The largest absolute Gasteiger partial charge is 0.508 e. The molecule has 1 aliphatic carbocycles. The minimum absolute atomic E-state index is 0.167. The maximum Gasteiger partial charge on any atom is 0.127 e. The zero-order valence-electron chi connectivity index (χ0n) is 15.3. The fourth-order valence-corrected chi connectivity index (χ4v) is 4.78. The van der Waals surface area contributed by atoms with E-state index in [0.29, 0.717) is 23.5 Å².